The first kappa shape index (κ1) is 7.91. The standard InChI is InChI=1S/C7H7F2NO/c1-5-3-2-4-10(6(5)11)7(8)9/h2-4,7H,1H3. The van der Waals surface area contributed by atoms with Crippen LogP contribution in [0, 0.1) is 6.92 Å². The van der Waals surface area contributed by atoms with Gasteiger partial charge in [0.15, 0.2) is 0 Å². The third kappa shape index (κ3) is 1.45. The van der Waals surface area contributed by atoms with Crippen molar-refractivity contribution in [2.45, 2.75) is 13.5 Å². The number of nitrogens with zero attached hydrogens (tertiary/aromatic N) is 1. The Morgan fingerprint density at radius 3 is 2.64 bits per heavy atom. The number of aryl methyl sites for hydroxylation is 1. The van der Waals surface area contributed by atoms with Crippen LogP contribution < -0.4 is 5.56 Å². The van der Waals surface area contributed by atoms with Crippen molar-refractivity contribution in [3.05, 3.63) is 34.2 Å². The Balaban J connectivity index is 3.28. The summed E-state index contributed by atoms with van der Waals surface area (Å²) in [5.74, 6) is 0. The lowest BCUT2D eigenvalue weighted by atomic mass is 10.3. The van der Waals surface area contributed by atoms with E-state index < -0.39 is 12.1 Å². The first-order chi connectivity index (χ1) is 5.13. The zero-order valence-corrected chi connectivity index (χ0v) is 5.92. The summed E-state index contributed by atoms with van der Waals surface area (Å²) in [6, 6.07) is 2.92. The van der Waals surface area contributed by atoms with Gasteiger partial charge < -0.3 is 0 Å². The molecule has 0 radical (unpaired) electrons. The van der Waals surface area contributed by atoms with Crippen molar-refractivity contribution in [2.75, 3.05) is 0 Å². The number of halogens is 2. The molecular weight excluding hydrogens is 152 g/mol. The van der Waals surface area contributed by atoms with Crippen LogP contribution in [-0.4, -0.2) is 4.57 Å². The number of rotatable bonds is 1. The SMILES string of the molecule is Cc1cccn(C(F)F)c1=O. The van der Waals surface area contributed by atoms with Gasteiger partial charge in [-0.3, -0.25) is 9.36 Å². The van der Waals surface area contributed by atoms with Gasteiger partial charge in [0.25, 0.3) is 5.56 Å². The molecule has 0 bridgehead atoms. The van der Waals surface area contributed by atoms with E-state index in [0.29, 0.717) is 10.1 Å². The average molecular weight is 159 g/mol. The summed E-state index contributed by atoms with van der Waals surface area (Å²) in [6.45, 7) is -1.25. The van der Waals surface area contributed by atoms with Crippen LogP contribution in [0.25, 0.3) is 0 Å². The number of pyridine rings is 1. The minimum absolute atomic E-state index is 0.327. The van der Waals surface area contributed by atoms with Gasteiger partial charge in [0.1, 0.15) is 0 Å². The van der Waals surface area contributed by atoms with Crippen LogP contribution in [0.5, 0.6) is 0 Å². The molecule has 1 aromatic heterocycles. The highest BCUT2D eigenvalue weighted by Gasteiger charge is 2.06. The molecule has 0 spiro atoms. The molecular formula is C7H7F2NO. The zero-order valence-electron chi connectivity index (χ0n) is 5.92. The third-order valence-corrected chi connectivity index (χ3v) is 1.38. The van der Waals surface area contributed by atoms with Crippen molar-refractivity contribution >= 4 is 0 Å². The van der Waals surface area contributed by atoms with Crippen LogP contribution in [0.1, 0.15) is 12.1 Å². The topological polar surface area (TPSA) is 22.0 Å². The van der Waals surface area contributed by atoms with Gasteiger partial charge in [-0.25, -0.2) is 0 Å². The molecule has 0 aliphatic rings. The van der Waals surface area contributed by atoms with Crippen LogP contribution in [0.2, 0.25) is 0 Å². The molecule has 1 heterocycles. The van der Waals surface area contributed by atoms with Gasteiger partial charge in [-0.15, -0.1) is 0 Å². The fraction of sp³-hybridized carbons (Fsp3) is 0.286. The number of alkyl halides is 2. The molecule has 0 saturated carbocycles. The summed E-state index contributed by atoms with van der Waals surface area (Å²) >= 11 is 0. The van der Waals surface area contributed by atoms with Crippen molar-refractivity contribution < 1.29 is 8.78 Å². The molecule has 0 aliphatic carbocycles. The largest absolute Gasteiger partial charge is 0.321 e. The maximum atomic E-state index is 12.0. The maximum Gasteiger partial charge on any atom is 0.321 e. The lowest BCUT2D eigenvalue weighted by Gasteiger charge is -2.02. The first-order valence-corrected chi connectivity index (χ1v) is 3.09. The van der Waals surface area contributed by atoms with Gasteiger partial charge in [0.05, 0.1) is 0 Å². The fourth-order valence-corrected chi connectivity index (χ4v) is 0.776. The lowest BCUT2D eigenvalue weighted by molar-refractivity contribution is 0.0661. The molecule has 0 aliphatic heterocycles. The summed E-state index contributed by atoms with van der Waals surface area (Å²) in [6.07, 6.45) is 1.07. The van der Waals surface area contributed by atoms with E-state index in [-0.39, 0.29) is 0 Å². The Hall–Kier alpha value is -1.19. The van der Waals surface area contributed by atoms with Gasteiger partial charge in [-0.1, -0.05) is 6.07 Å². The molecule has 11 heavy (non-hydrogen) atoms. The van der Waals surface area contributed by atoms with Gasteiger partial charge >= 0.3 is 6.55 Å². The molecule has 0 atom stereocenters. The van der Waals surface area contributed by atoms with Gasteiger partial charge in [-0.05, 0) is 13.0 Å². The van der Waals surface area contributed by atoms with Crippen LogP contribution >= 0.6 is 0 Å². The van der Waals surface area contributed by atoms with Crippen LogP contribution in [0.15, 0.2) is 23.1 Å². The highest BCUT2D eigenvalue weighted by molar-refractivity contribution is 5.07. The van der Waals surface area contributed by atoms with Crippen LogP contribution in [-0.2, 0) is 0 Å². The number of hydrogen-bond acceptors (Lipinski definition) is 1. The van der Waals surface area contributed by atoms with Crippen molar-refractivity contribution in [2.24, 2.45) is 0 Å². The van der Waals surface area contributed by atoms with E-state index in [9.17, 15) is 13.6 Å². The molecule has 2 nitrogen and oxygen atoms in total. The highest BCUT2D eigenvalue weighted by atomic mass is 19.3. The Morgan fingerprint density at radius 2 is 2.18 bits per heavy atom. The summed E-state index contributed by atoms with van der Waals surface area (Å²) in [4.78, 5) is 10.9. The first-order valence-electron chi connectivity index (χ1n) is 3.09. The molecule has 1 rings (SSSR count). The van der Waals surface area contributed by atoms with E-state index in [4.69, 9.17) is 0 Å². The van der Waals surface area contributed by atoms with E-state index in [1.807, 2.05) is 0 Å². The van der Waals surface area contributed by atoms with E-state index in [0.717, 1.165) is 6.20 Å². The quantitative estimate of drug-likeness (QED) is 0.609. The predicted molar refractivity (Wildman–Crippen MR) is 36.7 cm³/mol. The van der Waals surface area contributed by atoms with Gasteiger partial charge in [0, 0.05) is 11.8 Å². The van der Waals surface area contributed by atoms with Crippen LogP contribution in [0.4, 0.5) is 8.78 Å². The second-order valence-electron chi connectivity index (χ2n) is 2.18. The Morgan fingerprint density at radius 1 is 1.55 bits per heavy atom. The van der Waals surface area contributed by atoms with E-state index in [1.54, 1.807) is 0 Å². The van der Waals surface area contributed by atoms with E-state index in [1.165, 1.54) is 19.1 Å². The molecule has 0 aromatic carbocycles. The molecule has 4 heteroatoms. The van der Waals surface area contributed by atoms with E-state index >= 15 is 0 Å². The van der Waals surface area contributed by atoms with E-state index in [2.05, 4.69) is 0 Å². The van der Waals surface area contributed by atoms with Crippen molar-refractivity contribution in [3.63, 3.8) is 0 Å². The molecule has 0 N–H and O–H groups in total. The zero-order chi connectivity index (χ0) is 8.43. The smallest absolute Gasteiger partial charge is 0.269 e. The molecule has 1 aromatic rings. The molecule has 0 saturated heterocycles. The summed E-state index contributed by atoms with van der Waals surface area (Å²) in [7, 11) is 0. The molecule has 0 unspecified atom stereocenters. The Labute approximate surface area is 62.1 Å². The third-order valence-electron chi connectivity index (χ3n) is 1.38. The Kier molecular flexibility index (Phi) is 2.03. The lowest BCUT2D eigenvalue weighted by Crippen LogP contribution is -2.21. The average Bonchev–Trinajstić information content (AvgIpc) is 1.94. The summed E-state index contributed by atoms with van der Waals surface area (Å²) < 4.78 is 24.3. The molecule has 0 fully saturated rings. The Bertz CT molecular complexity index is 306. The highest BCUT2D eigenvalue weighted by Crippen LogP contribution is 2.05. The van der Waals surface area contributed by atoms with Crippen LogP contribution in [0.3, 0.4) is 0 Å². The summed E-state index contributed by atoms with van der Waals surface area (Å²) in [5.41, 5.74) is -0.310. The minimum Gasteiger partial charge on any atom is -0.269 e. The second-order valence-corrected chi connectivity index (χ2v) is 2.18. The predicted octanol–water partition coefficient (Wildman–Crippen LogP) is 1.55. The normalized spacial score (nSPS) is 10.5. The molecule has 60 valence electrons. The second kappa shape index (κ2) is 2.82. The van der Waals surface area contributed by atoms with Gasteiger partial charge in [-0.2, -0.15) is 8.78 Å². The van der Waals surface area contributed by atoms with Crippen molar-refractivity contribution in [1.82, 2.24) is 4.57 Å². The minimum atomic E-state index is -2.75. The summed E-state index contributed by atoms with van der Waals surface area (Å²) in [5, 5.41) is 0. The fourth-order valence-electron chi connectivity index (χ4n) is 0.776. The number of aromatic nitrogens is 1. The van der Waals surface area contributed by atoms with Crippen molar-refractivity contribution in [1.29, 1.82) is 0 Å². The monoisotopic (exact) mass is 159 g/mol. The molecule has 0 amide bonds. The maximum absolute atomic E-state index is 12.0. The van der Waals surface area contributed by atoms with Gasteiger partial charge in [0.2, 0.25) is 0 Å². The number of hydrogen-bond donors (Lipinski definition) is 0. The van der Waals surface area contributed by atoms with Crippen molar-refractivity contribution in [3.8, 4) is 0 Å².